The molecular weight excluding hydrogens is 366 g/mol. The van der Waals surface area contributed by atoms with Gasteiger partial charge in [0.25, 0.3) is 0 Å². The number of carbonyl (C=O) groups excluding carboxylic acids is 3. The third kappa shape index (κ3) is 6.15. The van der Waals surface area contributed by atoms with Gasteiger partial charge in [0, 0.05) is 38.8 Å². The van der Waals surface area contributed by atoms with Crippen molar-refractivity contribution in [1.29, 1.82) is 0 Å². The number of piperidine rings is 1. The first-order valence-electron chi connectivity index (χ1n) is 9.92. The lowest BCUT2D eigenvalue weighted by Crippen LogP contribution is -2.68. The van der Waals surface area contributed by atoms with Crippen LogP contribution in [0.5, 0.6) is 0 Å². The van der Waals surface area contributed by atoms with Crippen molar-refractivity contribution in [1.82, 2.24) is 14.7 Å². The van der Waals surface area contributed by atoms with Gasteiger partial charge >= 0.3 is 17.9 Å². The molecule has 0 saturated carbocycles. The molecule has 0 aliphatic carbocycles. The van der Waals surface area contributed by atoms with Crippen LogP contribution in [0.3, 0.4) is 0 Å². The second kappa shape index (κ2) is 11.3. The summed E-state index contributed by atoms with van der Waals surface area (Å²) in [5.41, 5.74) is 0. The number of rotatable bonds is 9. The van der Waals surface area contributed by atoms with Gasteiger partial charge < -0.3 is 14.2 Å². The summed E-state index contributed by atoms with van der Waals surface area (Å²) in [7, 11) is 4.21. The van der Waals surface area contributed by atoms with Gasteiger partial charge in [-0.15, -0.1) is 0 Å². The molecule has 0 aromatic carbocycles. The van der Waals surface area contributed by atoms with Gasteiger partial charge in [0.2, 0.25) is 0 Å². The number of hydrogen-bond acceptors (Lipinski definition) is 9. The molecule has 2 fully saturated rings. The first kappa shape index (κ1) is 22.6. The Morgan fingerprint density at radius 3 is 1.64 bits per heavy atom. The molecule has 0 aromatic rings. The van der Waals surface area contributed by atoms with E-state index in [1.807, 2.05) is 0 Å². The highest BCUT2D eigenvalue weighted by Crippen LogP contribution is 2.29. The molecule has 2 atom stereocenters. The zero-order valence-corrected chi connectivity index (χ0v) is 17.2. The number of nitrogens with zero attached hydrogens (tertiary/aromatic N) is 3. The lowest BCUT2D eigenvalue weighted by Gasteiger charge is -2.54. The molecule has 2 rings (SSSR count). The van der Waals surface area contributed by atoms with Crippen LogP contribution in [0.2, 0.25) is 0 Å². The maximum absolute atomic E-state index is 11.6. The van der Waals surface area contributed by atoms with Crippen molar-refractivity contribution in [2.24, 2.45) is 0 Å². The molecule has 2 saturated heterocycles. The van der Waals surface area contributed by atoms with Crippen LogP contribution in [0.1, 0.15) is 32.1 Å². The van der Waals surface area contributed by atoms with Gasteiger partial charge in [0.15, 0.2) is 0 Å². The molecule has 9 nitrogen and oxygen atoms in total. The monoisotopic (exact) mass is 399 g/mol. The summed E-state index contributed by atoms with van der Waals surface area (Å²) >= 11 is 0. The molecule has 2 aliphatic rings. The van der Waals surface area contributed by atoms with E-state index in [-0.39, 0.29) is 30.1 Å². The Hall–Kier alpha value is -1.71. The number of ether oxygens (including phenoxy) is 3. The largest absolute Gasteiger partial charge is 0.469 e. The maximum Gasteiger partial charge on any atom is 0.306 e. The first-order valence-corrected chi connectivity index (χ1v) is 9.92. The van der Waals surface area contributed by atoms with Crippen LogP contribution in [0, 0.1) is 0 Å². The van der Waals surface area contributed by atoms with E-state index in [9.17, 15) is 14.4 Å². The summed E-state index contributed by atoms with van der Waals surface area (Å²) in [6, 6.07) is 0.252. The quantitative estimate of drug-likeness (QED) is 0.395. The van der Waals surface area contributed by atoms with Gasteiger partial charge in [0.1, 0.15) is 0 Å². The van der Waals surface area contributed by atoms with E-state index in [0.717, 1.165) is 32.5 Å². The minimum atomic E-state index is -0.221. The Labute approximate surface area is 166 Å². The predicted octanol–water partition coefficient (Wildman–Crippen LogP) is 0.0838. The Morgan fingerprint density at radius 1 is 0.714 bits per heavy atom. The number of carbonyl (C=O) groups is 3. The average molecular weight is 399 g/mol. The fraction of sp³-hybridized carbons (Fsp3) is 0.842. The average Bonchev–Trinajstić information content (AvgIpc) is 2.73. The highest BCUT2D eigenvalue weighted by atomic mass is 16.5. The van der Waals surface area contributed by atoms with Crippen molar-refractivity contribution in [2.45, 2.75) is 44.3 Å². The highest BCUT2D eigenvalue weighted by molar-refractivity contribution is 5.70. The molecule has 160 valence electrons. The highest BCUT2D eigenvalue weighted by Gasteiger charge is 2.42. The molecule has 0 N–H and O–H groups in total. The van der Waals surface area contributed by atoms with E-state index in [2.05, 4.69) is 14.7 Å². The van der Waals surface area contributed by atoms with Crippen LogP contribution >= 0.6 is 0 Å². The van der Waals surface area contributed by atoms with Crippen LogP contribution in [0.15, 0.2) is 0 Å². The number of piperazine rings is 1. The molecule has 2 heterocycles. The minimum Gasteiger partial charge on any atom is -0.469 e. The van der Waals surface area contributed by atoms with Crippen LogP contribution in [-0.2, 0) is 28.6 Å². The van der Waals surface area contributed by atoms with E-state index in [0.29, 0.717) is 38.9 Å². The van der Waals surface area contributed by atoms with Gasteiger partial charge in [0.05, 0.1) is 46.8 Å². The normalized spacial score (nSPS) is 23.7. The van der Waals surface area contributed by atoms with Crippen molar-refractivity contribution in [3.8, 4) is 0 Å². The Balaban J connectivity index is 2.09. The maximum atomic E-state index is 11.6. The number of fused-ring (bicyclic) bond motifs is 1. The number of hydrogen-bond donors (Lipinski definition) is 0. The zero-order chi connectivity index (χ0) is 20.5. The lowest BCUT2D eigenvalue weighted by atomic mass is 9.95. The summed E-state index contributed by atoms with van der Waals surface area (Å²) in [6.45, 7) is 4.43. The predicted molar refractivity (Wildman–Crippen MR) is 101 cm³/mol. The molecule has 0 radical (unpaired) electrons. The third-order valence-corrected chi connectivity index (χ3v) is 5.67. The number of esters is 3. The molecule has 2 aliphatic heterocycles. The third-order valence-electron chi connectivity index (χ3n) is 5.67. The fourth-order valence-corrected chi connectivity index (χ4v) is 4.21. The van der Waals surface area contributed by atoms with Crippen molar-refractivity contribution < 1.29 is 28.6 Å². The van der Waals surface area contributed by atoms with Crippen LogP contribution in [0.4, 0.5) is 0 Å². The van der Waals surface area contributed by atoms with E-state index in [1.54, 1.807) is 0 Å². The van der Waals surface area contributed by atoms with Gasteiger partial charge in [-0.25, -0.2) is 0 Å². The number of likely N-dealkylation sites (tertiary alicyclic amines) is 1. The molecule has 0 spiro atoms. The summed E-state index contributed by atoms with van der Waals surface area (Å²) in [6.07, 6.45) is 3.20. The molecule has 28 heavy (non-hydrogen) atoms. The standard InChI is InChI=1S/C19H33N3O6/c1-26-16(23)6-10-20-13-14-22(12-8-18(25)28-3)19-15(20)5-4-9-21(19)11-7-17(24)27-2/h15,19H,4-14H2,1-3H3. The lowest BCUT2D eigenvalue weighted by molar-refractivity contribution is -0.146. The van der Waals surface area contributed by atoms with Crippen molar-refractivity contribution >= 4 is 17.9 Å². The van der Waals surface area contributed by atoms with Gasteiger partial charge in [-0.2, -0.15) is 0 Å². The molecule has 0 aromatic heterocycles. The molecule has 0 amide bonds. The Morgan fingerprint density at radius 2 is 1.14 bits per heavy atom. The molecule has 2 unspecified atom stereocenters. The molecular formula is C19H33N3O6. The summed E-state index contributed by atoms with van der Waals surface area (Å²) in [5.74, 6) is -0.647. The van der Waals surface area contributed by atoms with Crippen molar-refractivity contribution in [3.05, 3.63) is 0 Å². The zero-order valence-electron chi connectivity index (χ0n) is 17.2. The SMILES string of the molecule is COC(=O)CCN1CCN(CCC(=O)OC)C2C1CCCN2CCC(=O)OC. The van der Waals surface area contributed by atoms with Gasteiger partial charge in [-0.05, 0) is 19.4 Å². The van der Waals surface area contributed by atoms with Crippen LogP contribution < -0.4 is 0 Å². The summed E-state index contributed by atoms with van der Waals surface area (Å²) in [5, 5.41) is 0. The molecule has 0 bridgehead atoms. The van der Waals surface area contributed by atoms with E-state index >= 15 is 0 Å². The Bertz CT molecular complexity index is 522. The smallest absolute Gasteiger partial charge is 0.306 e. The van der Waals surface area contributed by atoms with Gasteiger partial charge in [-0.1, -0.05) is 0 Å². The Kier molecular flexibility index (Phi) is 9.14. The first-order chi connectivity index (χ1) is 13.5. The van der Waals surface area contributed by atoms with E-state index < -0.39 is 0 Å². The fourth-order valence-electron chi connectivity index (χ4n) is 4.21. The summed E-state index contributed by atoms with van der Waals surface area (Å²) < 4.78 is 14.4. The van der Waals surface area contributed by atoms with E-state index in [4.69, 9.17) is 14.2 Å². The minimum absolute atomic E-state index is 0.106. The van der Waals surface area contributed by atoms with E-state index in [1.165, 1.54) is 21.3 Å². The second-order valence-corrected chi connectivity index (χ2v) is 7.21. The molecule has 9 heteroatoms. The number of methoxy groups -OCH3 is 3. The van der Waals surface area contributed by atoms with Crippen molar-refractivity contribution in [2.75, 3.05) is 60.6 Å². The van der Waals surface area contributed by atoms with Crippen molar-refractivity contribution in [3.63, 3.8) is 0 Å². The van der Waals surface area contributed by atoms with Crippen LogP contribution in [-0.4, -0.2) is 105 Å². The second-order valence-electron chi connectivity index (χ2n) is 7.21. The summed E-state index contributed by atoms with van der Waals surface area (Å²) in [4.78, 5) is 41.8. The topological polar surface area (TPSA) is 88.6 Å². The van der Waals surface area contributed by atoms with Crippen LogP contribution in [0.25, 0.3) is 0 Å². The van der Waals surface area contributed by atoms with Gasteiger partial charge in [-0.3, -0.25) is 29.1 Å².